The topological polar surface area (TPSA) is 70.1 Å². The summed E-state index contributed by atoms with van der Waals surface area (Å²) in [5.41, 5.74) is 13.6. The van der Waals surface area contributed by atoms with E-state index in [1.54, 1.807) is 7.11 Å². The van der Waals surface area contributed by atoms with Gasteiger partial charge in [0, 0.05) is 24.0 Å². The number of nitrogens with two attached hydrogens (primary N) is 1. The van der Waals surface area contributed by atoms with Gasteiger partial charge in [0.2, 0.25) is 0 Å². The average molecular weight is 404 g/mol. The van der Waals surface area contributed by atoms with E-state index in [-0.39, 0.29) is 11.2 Å². The Hall–Kier alpha value is -2.82. The van der Waals surface area contributed by atoms with Gasteiger partial charge in [-0.25, -0.2) is 4.98 Å². The second-order valence-electron chi connectivity index (χ2n) is 9.55. The number of fused-ring (bicyclic) bond motifs is 4. The van der Waals surface area contributed by atoms with Crippen LogP contribution >= 0.6 is 0 Å². The highest BCUT2D eigenvalue weighted by Crippen LogP contribution is 2.42. The number of anilines is 1. The number of hydrogen-bond acceptors (Lipinski definition) is 4. The number of nitrogen functional groups attached to an aromatic ring is 1. The molecule has 2 aromatic heterocycles. The predicted molar refractivity (Wildman–Crippen MR) is 119 cm³/mol. The molecule has 0 fully saturated rings. The van der Waals surface area contributed by atoms with E-state index in [0.29, 0.717) is 17.7 Å². The number of aryl methyl sites for hydroxylation is 1. The Balaban J connectivity index is 1.72. The molecule has 2 N–H and O–H groups in total. The van der Waals surface area contributed by atoms with Gasteiger partial charge in [-0.05, 0) is 60.8 Å². The van der Waals surface area contributed by atoms with E-state index in [2.05, 4.69) is 30.5 Å². The van der Waals surface area contributed by atoms with Gasteiger partial charge in [0.1, 0.15) is 11.4 Å². The second-order valence-corrected chi connectivity index (χ2v) is 9.55. The van der Waals surface area contributed by atoms with Crippen LogP contribution in [0.1, 0.15) is 66.0 Å². The summed E-state index contributed by atoms with van der Waals surface area (Å²) in [5, 5.41) is 1.02. The number of hydrogen-bond donors (Lipinski definition) is 1. The van der Waals surface area contributed by atoms with Crippen LogP contribution in [0.15, 0.2) is 24.3 Å². The Morgan fingerprint density at radius 2 is 1.87 bits per heavy atom. The number of Topliss-reactive ketones (excluding diaryl/α,β-unsaturated/α-hetero) is 1. The fourth-order valence-corrected chi connectivity index (χ4v) is 5.28. The first-order valence-electron chi connectivity index (χ1n) is 10.9. The molecule has 0 saturated carbocycles. The van der Waals surface area contributed by atoms with E-state index in [4.69, 9.17) is 15.5 Å². The average Bonchev–Trinajstić information content (AvgIpc) is 3.01. The van der Waals surface area contributed by atoms with E-state index < -0.39 is 0 Å². The smallest absolute Gasteiger partial charge is 0.167 e. The molecular weight excluding hydrogens is 374 g/mol. The van der Waals surface area contributed by atoms with Gasteiger partial charge < -0.3 is 15.0 Å². The predicted octanol–water partition coefficient (Wildman–Crippen LogP) is 4.71. The van der Waals surface area contributed by atoms with Gasteiger partial charge in [0.05, 0.1) is 24.1 Å². The van der Waals surface area contributed by atoms with E-state index in [1.807, 2.05) is 12.1 Å². The summed E-state index contributed by atoms with van der Waals surface area (Å²) in [6.07, 6.45) is 5.69. The summed E-state index contributed by atoms with van der Waals surface area (Å²) in [4.78, 5) is 18.0. The van der Waals surface area contributed by atoms with E-state index in [9.17, 15) is 4.79 Å². The Bertz CT molecular complexity index is 1160. The maximum Gasteiger partial charge on any atom is 0.167 e. The lowest BCUT2D eigenvalue weighted by Crippen LogP contribution is -2.29. The molecule has 2 heterocycles. The summed E-state index contributed by atoms with van der Waals surface area (Å²) in [7, 11) is 1.68. The number of ether oxygens (including phenoxy) is 1. The summed E-state index contributed by atoms with van der Waals surface area (Å²) in [6.45, 7) is 5.02. The summed E-state index contributed by atoms with van der Waals surface area (Å²) in [6, 6.07) is 8.21. The number of carbonyl (C=O) groups excluding carboxylic acids is 1. The lowest BCUT2D eigenvalue weighted by atomic mass is 9.75. The molecule has 5 rings (SSSR count). The van der Waals surface area contributed by atoms with Crippen LogP contribution in [0.25, 0.3) is 11.0 Å². The van der Waals surface area contributed by atoms with Crippen molar-refractivity contribution < 1.29 is 9.53 Å². The molecule has 156 valence electrons. The molecule has 0 bridgehead atoms. The fraction of sp³-hybridized carbons (Fsp3) is 0.440. The summed E-state index contributed by atoms with van der Waals surface area (Å²) < 4.78 is 7.65. The Morgan fingerprint density at radius 3 is 2.60 bits per heavy atom. The van der Waals surface area contributed by atoms with Crippen LogP contribution in [0.5, 0.6) is 5.75 Å². The summed E-state index contributed by atoms with van der Waals surface area (Å²) in [5.74, 6) is 0.996. The van der Waals surface area contributed by atoms with Crippen LogP contribution in [0.4, 0.5) is 5.69 Å². The highest BCUT2D eigenvalue weighted by Gasteiger charge is 2.36. The number of aromatic nitrogens is 2. The number of ketones is 1. The largest absolute Gasteiger partial charge is 0.497 e. The maximum absolute atomic E-state index is 13.0. The monoisotopic (exact) mass is 403 g/mol. The maximum atomic E-state index is 13.0. The van der Waals surface area contributed by atoms with Crippen molar-refractivity contribution in [3.8, 4) is 5.75 Å². The van der Waals surface area contributed by atoms with Crippen molar-refractivity contribution in [3.63, 3.8) is 0 Å². The molecule has 3 aromatic rings. The Labute approximate surface area is 177 Å². The lowest BCUT2D eigenvalue weighted by molar-refractivity contribution is 0.0911. The molecule has 0 radical (unpaired) electrons. The minimum Gasteiger partial charge on any atom is -0.497 e. The van der Waals surface area contributed by atoms with Gasteiger partial charge in [0.15, 0.2) is 5.78 Å². The molecule has 0 amide bonds. The van der Waals surface area contributed by atoms with Crippen molar-refractivity contribution in [2.24, 2.45) is 5.41 Å². The number of benzene rings is 1. The van der Waals surface area contributed by atoms with Crippen LogP contribution in [0, 0.1) is 5.41 Å². The minimum absolute atomic E-state index is 0.0791. The molecule has 0 spiro atoms. The van der Waals surface area contributed by atoms with Crippen LogP contribution in [-0.2, 0) is 25.8 Å². The zero-order valence-corrected chi connectivity index (χ0v) is 18.0. The van der Waals surface area contributed by atoms with Crippen LogP contribution < -0.4 is 10.5 Å². The zero-order chi connectivity index (χ0) is 21.0. The first-order chi connectivity index (χ1) is 14.4. The molecule has 5 heteroatoms. The van der Waals surface area contributed by atoms with Crippen molar-refractivity contribution in [3.05, 3.63) is 52.3 Å². The van der Waals surface area contributed by atoms with E-state index >= 15 is 0 Å². The van der Waals surface area contributed by atoms with Crippen molar-refractivity contribution >= 4 is 22.5 Å². The van der Waals surface area contributed by atoms with Gasteiger partial charge >= 0.3 is 0 Å². The van der Waals surface area contributed by atoms with Crippen LogP contribution in [0.2, 0.25) is 0 Å². The van der Waals surface area contributed by atoms with Crippen LogP contribution in [-0.4, -0.2) is 22.4 Å². The molecule has 0 unspecified atom stereocenters. The number of methoxy groups -OCH3 is 1. The van der Waals surface area contributed by atoms with Gasteiger partial charge in [-0.1, -0.05) is 26.0 Å². The lowest BCUT2D eigenvalue weighted by Gasteiger charge is -2.30. The van der Waals surface area contributed by atoms with Crippen molar-refractivity contribution in [2.75, 3.05) is 12.8 Å². The van der Waals surface area contributed by atoms with Crippen molar-refractivity contribution in [2.45, 2.75) is 58.9 Å². The van der Waals surface area contributed by atoms with Crippen molar-refractivity contribution in [1.29, 1.82) is 0 Å². The molecule has 0 aliphatic heterocycles. The SMILES string of the molecule is COc1ccc(Cn2c3c(c4c(N)c5c(nc42)CC(C)(C)CC5=O)CCCC3)cc1. The van der Waals surface area contributed by atoms with Crippen molar-refractivity contribution in [1.82, 2.24) is 9.55 Å². The van der Waals surface area contributed by atoms with E-state index in [0.717, 1.165) is 54.7 Å². The highest BCUT2D eigenvalue weighted by atomic mass is 16.5. The quantitative estimate of drug-likeness (QED) is 0.688. The standard InChI is InChI=1S/C25H29N3O2/c1-25(2)12-18-22(20(29)13-25)23(26)21-17-6-4-5-7-19(17)28(24(21)27-18)14-15-8-10-16(30-3)11-9-15/h8-11H,4-7,12-14H2,1-3H3,(H2,26,27). The summed E-state index contributed by atoms with van der Waals surface area (Å²) >= 11 is 0. The Morgan fingerprint density at radius 1 is 1.13 bits per heavy atom. The third-order valence-electron chi connectivity index (χ3n) is 6.68. The number of pyridine rings is 1. The molecule has 0 saturated heterocycles. The number of rotatable bonds is 3. The van der Waals surface area contributed by atoms with Crippen LogP contribution in [0.3, 0.4) is 0 Å². The van der Waals surface area contributed by atoms with Gasteiger partial charge in [-0.2, -0.15) is 0 Å². The zero-order valence-electron chi connectivity index (χ0n) is 18.0. The molecule has 30 heavy (non-hydrogen) atoms. The normalized spacial score (nSPS) is 17.6. The first-order valence-corrected chi connectivity index (χ1v) is 10.9. The first kappa shape index (κ1) is 19.2. The van der Waals surface area contributed by atoms with Gasteiger partial charge in [0.25, 0.3) is 0 Å². The molecule has 2 aliphatic rings. The van der Waals surface area contributed by atoms with Gasteiger partial charge in [-0.3, -0.25) is 4.79 Å². The molecule has 2 aliphatic carbocycles. The molecular formula is C25H29N3O2. The van der Waals surface area contributed by atoms with Gasteiger partial charge in [-0.15, -0.1) is 0 Å². The number of carbonyl (C=O) groups is 1. The molecule has 5 nitrogen and oxygen atoms in total. The third-order valence-corrected chi connectivity index (χ3v) is 6.68. The minimum atomic E-state index is -0.0791. The number of nitrogens with zero attached hydrogens (tertiary/aromatic N) is 2. The van der Waals surface area contributed by atoms with E-state index in [1.165, 1.54) is 23.2 Å². The Kier molecular flexibility index (Phi) is 4.38. The highest BCUT2D eigenvalue weighted by molar-refractivity contribution is 6.10. The second kappa shape index (κ2) is 6.86. The fourth-order valence-electron chi connectivity index (χ4n) is 5.28. The molecule has 0 atom stereocenters. The molecule has 1 aromatic carbocycles. The third kappa shape index (κ3) is 2.99.